The van der Waals surface area contributed by atoms with Gasteiger partial charge in [-0.15, -0.1) is 0 Å². The number of carbonyl (C=O) groups excluding carboxylic acids is 1. The number of nitrogens with zero attached hydrogens (tertiary/aromatic N) is 2. The molecule has 1 unspecified atom stereocenters. The SMILES string of the molecule is CCNC(=NCCS(=O)(=O)CC)NC1CCN(C(=O)C2CCCCC2)C1. The quantitative estimate of drug-likeness (QED) is 0.506. The molecule has 0 aromatic heterocycles. The van der Waals surface area contributed by atoms with E-state index in [9.17, 15) is 13.2 Å². The summed E-state index contributed by atoms with van der Waals surface area (Å²) in [5.74, 6) is 1.37. The van der Waals surface area contributed by atoms with E-state index < -0.39 is 9.84 Å². The zero-order valence-electron chi connectivity index (χ0n) is 16.2. The van der Waals surface area contributed by atoms with Crippen LogP contribution in [0.3, 0.4) is 0 Å². The van der Waals surface area contributed by atoms with E-state index in [1.165, 1.54) is 19.3 Å². The molecule has 1 aliphatic heterocycles. The highest BCUT2D eigenvalue weighted by Crippen LogP contribution is 2.26. The largest absolute Gasteiger partial charge is 0.357 e. The minimum atomic E-state index is -3.01. The van der Waals surface area contributed by atoms with Crippen LogP contribution in [-0.4, -0.2) is 68.9 Å². The third kappa shape index (κ3) is 6.45. The Bertz CT molecular complexity index is 585. The number of hydrogen-bond acceptors (Lipinski definition) is 4. The van der Waals surface area contributed by atoms with E-state index in [1.54, 1.807) is 6.92 Å². The smallest absolute Gasteiger partial charge is 0.225 e. The Hall–Kier alpha value is -1.31. The van der Waals surface area contributed by atoms with Crippen molar-refractivity contribution in [3.05, 3.63) is 0 Å². The van der Waals surface area contributed by atoms with Crippen LogP contribution in [0, 0.1) is 5.92 Å². The lowest BCUT2D eigenvalue weighted by Crippen LogP contribution is -2.45. The Morgan fingerprint density at radius 2 is 1.88 bits per heavy atom. The van der Waals surface area contributed by atoms with Crippen molar-refractivity contribution in [3.63, 3.8) is 0 Å². The minimum absolute atomic E-state index is 0.0665. The summed E-state index contributed by atoms with van der Waals surface area (Å²) in [5.41, 5.74) is 0. The first-order valence-electron chi connectivity index (χ1n) is 9.99. The molecular formula is C18H34N4O3S. The van der Waals surface area contributed by atoms with Crippen molar-refractivity contribution < 1.29 is 13.2 Å². The summed E-state index contributed by atoms with van der Waals surface area (Å²) >= 11 is 0. The lowest BCUT2D eigenvalue weighted by atomic mass is 9.88. The molecule has 150 valence electrons. The van der Waals surface area contributed by atoms with Crippen LogP contribution in [0.4, 0.5) is 0 Å². The van der Waals surface area contributed by atoms with E-state index in [0.717, 1.165) is 25.8 Å². The summed E-state index contributed by atoms with van der Waals surface area (Å²) in [6.07, 6.45) is 6.56. The van der Waals surface area contributed by atoms with E-state index in [-0.39, 0.29) is 30.0 Å². The second-order valence-electron chi connectivity index (χ2n) is 7.25. The lowest BCUT2D eigenvalue weighted by Gasteiger charge is -2.26. The van der Waals surface area contributed by atoms with E-state index in [1.807, 2.05) is 11.8 Å². The highest BCUT2D eigenvalue weighted by atomic mass is 32.2. The molecule has 0 spiro atoms. The second kappa shape index (κ2) is 10.1. The van der Waals surface area contributed by atoms with Gasteiger partial charge in [-0.1, -0.05) is 26.2 Å². The second-order valence-corrected chi connectivity index (χ2v) is 9.72. The molecule has 0 bridgehead atoms. The first-order chi connectivity index (χ1) is 12.4. The van der Waals surface area contributed by atoms with Crippen molar-refractivity contribution in [3.8, 4) is 0 Å². The number of likely N-dealkylation sites (tertiary alicyclic amines) is 1. The fraction of sp³-hybridized carbons (Fsp3) is 0.889. The molecule has 2 N–H and O–H groups in total. The molecule has 0 radical (unpaired) electrons. The van der Waals surface area contributed by atoms with Crippen molar-refractivity contribution >= 4 is 21.7 Å². The molecule has 1 aliphatic carbocycles. The zero-order valence-corrected chi connectivity index (χ0v) is 17.0. The van der Waals surface area contributed by atoms with Gasteiger partial charge in [-0.05, 0) is 26.2 Å². The van der Waals surface area contributed by atoms with Crippen molar-refractivity contribution in [1.82, 2.24) is 15.5 Å². The maximum absolute atomic E-state index is 12.7. The number of amides is 1. The van der Waals surface area contributed by atoms with Gasteiger partial charge in [0.05, 0.1) is 12.3 Å². The number of nitrogens with one attached hydrogen (secondary N) is 2. The van der Waals surface area contributed by atoms with Crippen LogP contribution in [0.2, 0.25) is 0 Å². The van der Waals surface area contributed by atoms with Crippen LogP contribution in [-0.2, 0) is 14.6 Å². The molecule has 2 rings (SSSR count). The third-order valence-electron chi connectivity index (χ3n) is 5.25. The van der Waals surface area contributed by atoms with Gasteiger partial charge in [0.1, 0.15) is 0 Å². The number of rotatable bonds is 7. The molecule has 0 aromatic rings. The number of hydrogen-bond donors (Lipinski definition) is 2. The fourth-order valence-electron chi connectivity index (χ4n) is 3.64. The van der Waals surface area contributed by atoms with Gasteiger partial charge in [-0.2, -0.15) is 0 Å². The summed E-state index contributed by atoms with van der Waals surface area (Å²) in [7, 11) is -3.01. The standard InChI is InChI=1S/C18H34N4O3S/c1-3-19-18(20-11-13-26(24,25)4-2)21-16-10-12-22(14-16)17(23)15-8-6-5-7-9-15/h15-16H,3-14H2,1-2H3,(H2,19,20,21). The molecule has 8 heteroatoms. The molecule has 1 saturated heterocycles. The van der Waals surface area contributed by atoms with Gasteiger partial charge in [-0.3, -0.25) is 9.79 Å². The maximum atomic E-state index is 12.7. The number of aliphatic imine (C=N–C) groups is 1. The van der Waals surface area contributed by atoms with Gasteiger partial charge >= 0.3 is 0 Å². The van der Waals surface area contributed by atoms with Gasteiger partial charge < -0.3 is 15.5 Å². The Kier molecular flexibility index (Phi) is 8.18. The maximum Gasteiger partial charge on any atom is 0.225 e. The first-order valence-corrected chi connectivity index (χ1v) is 11.8. The average Bonchev–Trinajstić information content (AvgIpc) is 3.10. The molecule has 1 amide bonds. The van der Waals surface area contributed by atoms with Crippen molar-refractivity contribution in [2.24, 2.45) is 10.9 Å². The topological polar surface area (TPSA) is 90.9 Å². The number of carbonyl (C=O) groups is 1. The number of guanidine groups is 1. The van der Waals surface area contributed by atoms with E-state index >= 15 is 0 Å². The van der Waals surface area contributed by atoms with Crippen LogP contribution >= 0.6 is 0 Å². The summed E-state index contributed by atoms with van der Waals surface area (Å²) in [6.45, 7) is 6.09. The van der Waals surface area contributed by atoms with Crippen molar-refractivity contribution in [2.75, 3.05) is 37.7 Å². The van der Waals surface area contributed by atoms with Crippen LogP contribution in [0.25, 0.3) is 0 Å². The summed E-state index contributed by atoms with van der Waals surface area (Å²) in [6, 6.07) is 0.170. The fourth-order valence-corrected chi connectivity index (χ4v) is 4.30. The minimum Gasteiger partial charge on any atom is -0.357 e. The molecule has 26 heavy (non-hydrogen) atoms. The molecule has 2 fully saturated rings. The van der Waals surface area contributed by atoms with Gasteiger partial charge in [-0.25, -0.2) is 8.42 Å². The summed E-state index contributed by atoms with van der Waals surface area (Å²) in [5, 5.41) is 6.52. The Morgan fingerprint density at radius 1 is 1.15 bits per heavy atom. The molecule has 1 heterocycles. The van der Waals surface area contributed by atoms with Crippen LogP contribution < -0.4 is 10.6 Å². The third-order valence-corrected chi connectivity index (χ3v) is 6.94. The van der Waals surface area contributed by atoms with Gasteiger partial charge in [0.15, 0.2) is 15.8 Å². The Morgan fingerprint density at radius 3 is 2.54 bits per heavy atom. The molecule has 2 aliphatic rings. The van der Waals surface area contributed by atoms with Crippen LogP contribution in [0.15, 0.2) is 4.99 Å². The Balaban J connectivity index is 1.84. The predicted octanol–water partition coefficient (Wildman–Crippen LogP) is 1.16. The molecule has 0 aromatic carbocycles. The van der Waals surface area contributed by atoms with Gasteiger partial charge in [0.25, 0.3) is 0 Å². The summed E-state index contributed by atoms with van der Waals surface area (Å²) in [4.78, 5) is 19.0. The highest BCUT2D eigenvalue weighted by molar-refractivity contribution is 7.91. The van der Waals surface area contributed by atoms with Crippen LogP contribution in [0.1, 0.15) is 52.4 Å². The molecule has 1 saturated carbocycles. The summed E-state index contributed by atoms with van der Waals surface area (Å²) < 4.78 is 23.2. The highest BCUT2D eigenvalue weighted by Gasteiger charge is 2.31. The van der Waals surface area contributed by atoms with Crippen molar-refractivity contribution in [1.29, 1.82) is 0 Å². The normalized spacial score (nSPS) is 22.5. The molecular weight excluding hydrogens is 352 g/mol. The first kappa shape index (κ1) is 21.0. The van der Waals surface area contributed by atoms with E-state index in [0.29, 0.717) is 25.0 Å². The average molecular weight is 387 g/mol. The number of sulfone groups is 1. The lowest BCUT2D eigenvalue weighted by molar-refractivity contribution is -0.135. The molecule has 1 atom stereocenters. The van der Waals surface area contributed by atoms with Crippen LogP contribution in [0.5, 0.6) is 0 Å². The monoisotopic (exact) mass is 386 g/mol. The zero-order chi connectivity index (χ0) is 19.0. The van der Waals surface area contributed by atoms with Gasteiger partial charge in [0.2, 0.25) is 5.91 Å². The van der Waals surface area contributed by atoms with Gasteiger partial charge in [0, 0.05) is 37.3 Å². The predicted molar refractivity (Wildman–Crippen MR) is 105 cm³/mol. The Labute approximate surface area is 157 Å². The van der Waals surface area contributed by atoms with Crippen molar-refractivity contribution in [2.45, 2.75) is 58.4 Å². The molecule has 7 nitrogen and oxygen atoms in total. The van der Waals surface area contributed by atoms with E-state index in [2.05, 4.69) is 15.6 Å². The van der Waals surface area contributed by atoms with E-state index in [4.69, 9.17) is 0 Å².